The van der Waals surface area contributed by atoms with Gasteiger partial charge >= 0.3 is 0 Å². The van der Waals surface area contributed by atoms with Gasteiger partial charge in [0.1, 0.15) is 5.75 Å². The summed E-state index contributed by atoms with van der Waals surface area (Å²) in [5, 5.41) is 0.210. The molecule has 6 fully saturated rings. The predicted octanol–water partition coefficient (Wildman–Crippen LogP) is 1.55. The molecule has 4 aliphatic carbocycles. The van der Waals surface area contributed by atoms with Gasteiger partial charge in [-0.1, -0.05) is 0 Å². The molecule has 6 aliphatic rings. The monoisotopic (exact) mass is 311 g/mol. The number of methoxy groups -OCH3 is 1. The van der Waals surface area contributed by atoms with Crippen LogP contribution in [0.5, 0.6) is 5.75 Å². The molecule has 0 radical (unpaired) electrons. The summed E-state index contributed by atoms with van der Waals surface area (Å²) in [7, 11) is -1.81. The van der Waals surface area contributed by atoms with Gasteiger partial charge in [0.15, 0.2) is 0 Å². The second-order valence-corrected chi connectivity index (χ2v) is 8.59. The maximum absolute atomic E-state index is 12.8. The maximum atomic E-state index is 12.8. The molecule has 2 aliphatic heterocycles. The highest BCUT2D eigenvalue weighted by Gasteiger charge is 2.88. The van der Waals surface area contributed by atoms with Gasteiger partial charge in [0, 0.05) is 23.4 Å². The van der Waals surface area contributed by atoms with Crippen molar-refractivity contribution >= 4 is 21.6 Å². The van der Waals surface area contributed by atoms with Crippen molar-refractivity contribution in [3.63, 3.8) is 0 Å². The Bertz CT molecular complexity index is 686. The molecule has 0 spiro atoms. The summed E-state index contributed by atoms with van der Waals surface area (Å²) in [5.41, 5.74) is 0. The maximum Gasteiger partial charge on any atom is 0.243 e. The Balaban J connectivity index is 1.50. The SMILES string of the molecule is COc1ccc(S(=O)(=O)N2C3C4C5C(Cl)C3C2C54)cc1. The fraction of sp³-hybridized carbons (Fsp3) is 0.571. The molecular weight excluding hydrogens is 298 g/mol. The highest BCUT2D eigenvalue weighted by Crippen LogP contribution is 2.80. The molecule has 5 unspecified atom stereocenters. The summed E-state index contributed by atoms with van der Waals surface area (Å²) in [5.74, 6) is 2.76. The van der Waals surface area contributed by atoms with Crippen LogP contribution in [0.15, 0.2) is 29.2 Å². The van der Waals surface area contributed by atoms with Crippen LogP contribution < -0.4 is 4.74 Å². The number of benzene rings is 1. The Morgan fingerprint density at radius 3 is 2.10 bits per heavy atom. The lowest BCUT2D eigenvalue weighted by Gasteiger charge is -2.45. The average molecular weight is 312 g/mol. The molecule has 1 aromatic carbocycles. The zero-order valence-electron chi connectivity index (χ0n) is 10.8. The minimum absolute atomic E-state index is 0.171. The average Bonchev–Trinajstić information content (AvgIpc) is 2.66. The number of alkyl halides is 1. The van der Waals surface area contributed by atoms with Crippen LogP contribution in [-0.2, 0) is 10.0 Å². The number of piperidine rings is 1. The minimum Gasteiger partial charge on any atom is -0.497 e. The molecule has 5 atom stereocenters. The number of hydrogen-bond donors (Lipinski definition) is 0. The Morgan fingerprint density at radius 1 is 1.05 bits per heavy atom. The van der Waals surface area contributed by atoms with Crippen molar-refractivity contribution < 1.29 is 13.2 Å². The molecule has 6 bridgehead atoms. The summed E-state index contributed by atoms with van der Waals surface area (Å²) in [4.78, 5) is 0.359. The lowest BCUT2D eigenvalue weighted by Crippen LogP contribution is -2.60. The summed E-state index contributed by atoms with van der Waals surface area (Å²) in [6.45, 7) is 0. The van der Waals surface area contributed by atoms with Gasteiger partial charge in [-0.2, -0.15) is 4.31 Å². The zero-order valence-corrected chi connectivity index (χ0v) is 12.4. The molecule has 7 rings (SSSR count). The molecule has 0 aromatic heterocycles. The van der Waals surface area contributed by atoms with Crippen molar-refractivity contribution in [1.29, 1.82) is 0 Å². The van der Waals surface area contributed by atoms with Gasteiger partial charge in [0.25, 0.3) is 0 Å². The first-order chi connectivity index (χ1) is 9.57. The van der Waals surface area contributed by atoms with Gasteiger partial charge in [0.05, 0.1) is 12.0 Å². The Kier molecular flexibility index (Phi) is 1.98. The molecule has 2 saturated heterocycles. The molecule has 0 N–H and O–H groups in total. The number of halogens is 1. The summed E-state index contributed by atoms with van der Waals surface area (Å²) in [6.07, 6.45) is 0. The molecule has 6 heteroatoms. The van der Waals surface area contributed by atoms with Crippen molar-refractivity contribution in [2.45, 2.75) is 22.4 Å². The predicted molar refractivity (Wildman–Crippen MR) is 73.2 cm³/mol. The smallest absolute Gasteiger partial charge is 0.243 e. The van der Waals surface area contributed by atoms with Crippen molar-refractivity contribution in [2.24, 2.45) is 23.7 Å². The Labute approximate surface area is 122 Å². The number of hydrogen-bond acceptors (Lipinski definition) is 3. The van der Waals surface area contributed by atoms with E-state index in [0.29, 0.717) is 34.3 Å². The Morgan fingerprint density at radius 2 is 1.65 bits per heavy atom. The number of sulfonamides is 1. The van der Waals surface area contributed by atoms with Crippen LogP contribution in [0.2, 0.25) is 0 Å². The highest BCUT2D eigenvalue weighted by molar-refractivity contribution is 7.89. The van der Waals surface area contributed by atoms with Gasteiger partial charge in [-0.05, 0) is 42.0 Å². The van der Waals surface area contributed by atoms with Crippen molar-refractivity contribution in [1.82, 2.24) is 4.31 Å². The molecule has 4 nitrogen and oxygen atoms in total. The normalized spacial score (nSPS) is 47.2. The molecular formula is C14H14ClNO3S. The van der Waals surface area contributed by atoms with Crippen LogP contribution in [0.25, 0.3) is 0 Å². The number of ether oxygens (including phenoxy) is 1. The minimum atomic E-state index is -3.38. The van der Waals surface area contributed by atoms with Crippen LogP contribution in [0.3, 0.4) is 0 Å². The standard InChI is InChI=1S/C14H14ClNO3S/c1-19-6-2-4-7(5-3-6)20(17,18)16-13-9-8-10(9)14(16)11(13)12(8)15/h2-5,8-14H,1H3. The largest absolute Gasteiger partial charge is 0.497 e. The molecule has 2 heterocycles. The van der Waals surface area contributed by atoms with E-state index in [1.807, 2.05) is 0 Å². The van der Waals surface area contributed by atoms with Gasteiger partial charge in [-0.15, -0.1) is 11.6 Å². The van der Waals surface area contributed by atoms with E-state index in [4.69, 9.17) is 16.3 Å². The molecule has 20 heavy (non-hydrogen) atoms. The van der Waals surface area contributed by atoms with E-state index < -0.39 is 10.0 Å². The first-order valence-electron chi connectivity index (χ1n) is 6.89. The van der Waals surface area contributed by atoms with E-state index in [2.05, 4.69) is 0 Å². The lowest BCUT2D eigenvalue weighted by atomic mass is 9.93. The van der Waals surface area contributed by atoms with Crippen molar-refractivity contribution in [3.05, 3.63) is 24.3 Å². The fourth-order valence-corrected chi connectivity index (χ4v) is 7.60. The van der Waals surface area contributed by atoms with Crippen molar-refractivity contribution in [3.8, 4) is 5.75 Å². The van der Waals surface area contributed by atoms with Gasteiger partial charge in [-0.25, -0.2) is 8.42 Å². The van der Waals surface area contributed by atoms with Gasteiger partial charge in [-0.3, -0.25) is 0 Å². The van der Waals surface area contributed by atoms with Crippen LogP contribution in [0.4, 0.5) is 0 Å². The first kappa shape index (κ1) is 11.8. The van der Waals surface area contributed by atoms with Crippen LogP contribution in [0.1, 0.15) is 0 Å². The van der Waals surface area contributed by atoms with Gasteiger partial charge < -0.3 is 4.74 Å². The van der Waals surface area contributed by atoms with E-state index in [9.17, 15) is 8.42 Å². The van der Waals surface area contributed by atoms with Crippen LogP contribution in [0, 0.1) is 23.7 Å². The third-order valence-electron chi connectivity index (χ3n) is 5.73. The third kappa shape index (κ3) is 1.07. The highest BCUT2D eigenvalue weighted by atomic mass is 35.5. The van der Waals surface area contributed by atoms with Crippen LogP contribution in [-0.4, -0.2) is 37.3 Å². The topological polar surface area (TPSA) is 46.6 Å². The molecule has 1 aromatic rings. The summed E-state index contributed by atoms with van der Waals surface area (Å²) >= 11 is 6.38. The third-order valence-corrected chi connectivity index (χ3v) is 8.22. The van der Waals surface area contributed by atoms with E-state index >= 15 is 0 Å². The molecule has 106 valence electrons. The van der Waals surface area contributed by atoms with E-state index in [1.165, 1.54) is 0 Å². The first-order valence-corrected chi connectivity index (χ1v) is 8.76. The van der Waals surface area contributed by atoms with Gasteiger partial charge in [0.2, 0.25) is 10.0 Å². The quantitative estimate of drug-likeness (QED) is 0.796. The second kappa shape index (κ2) is 3.34. The summed E-state index contributed by atoms with van der Waals surface area (Å²) < 4.78 is 32.3. The fourth-order valence-electron chi connectivity index (χ4n) is 5.03. The second-order valence-electron chi connectivity index (χ2n) is 6.25. The van der Waals surface area contributed by atoms with E-state index in [1.54, 1.807) is 35.7 Å². The zero-order chi connectivity index (χ0) is 13.8. The Hall–Kier alpha value is -0.780. The number of rotatable bonds is 3. The lowest BCUT2D eigenvalue weighted by molar-refractivity contribution is 0.0978. The van der Waals surface area contributed by atoms with E-state index in [0.717, 1.165) is 0 Å². The number of nitrogens with zero attached hydrogens (tertiary/aromatic N) is 1. The van der Waals surface area contributed by atoms with Crippen LogP contribution >= 0.6 is 11.6 Å². The van der Waals surface area contributed by atoms with E-state index in [-0.39, 0.29) is 17.5 Å². The molecule has 0 amide bonds. The molecule has 4 saturated carbocycles. The summed E-state index contributed by atoms with van der Waals surface area (Å²) in [6, 6.07) is 6.98. The van der Waals surface area contributed by atoms with Crippen molar-refractivity contribution in [2.75, 3.05) is 7.11 Å².